The van der Waals surface area contributed by atoms with Gasteiger partial charge in [-0.05, 0) is 43.1 Å². The van der Waals surface area contributed by atoms with Gasteiger partial charge in [0.1, 0.15) is 4.99 Å². The number of carbonyl (C=O) groups excluding carboxylic acids is 1. The first kappa shape index (κ1) is 14.5. The Bertz CT molecular complexity index is 518. The molecule has 0 unspecified atom stereocenters. The first-order chi connectivity index (χ1) is 10.1. The maximum Gasteiger partial charge on any atom is 0.227 e. The molecule has 1 aromatic rings. The molecule has 0 saturated heterocycles. The second kappa shape index (κ2) is 6.14. The van der Waals surface area contributed by atoms with E-state index in [4.69, 9.17) is 18.0 Å². The van der Waals surface area contributed by atoms with Crippen LogP contribution < -0.4 is 5.73 Å². The Kier molecular flexibility index (Phi) is 4.24. The minimum atomic E-state index is 0.261. The number of hydrogen-bond acceptors (Lipinski definition) is 2. The highest BCUT2D eigenvalue weighted by molar-refractivity contribution is 7.80. The standard InChI is InChI=1S/C17H22N2OS/c18-17(21)15-7-5-12(6-8-15)9-16(20)19(10-13-1-2-13)11-14-3-4-14/h5-8,13-14H,1-4,9-11H2,(H2,18,21). The molecule has 0 aromatic heterocycles. The van der Waals surface area contributed by atoms with Crippen LogP contribution in [0.2, 0.25) is 0 Å². The minimum Gasteiger partial charge on any atom is -0.389 e. The van der Waals surface area contributed by atoms with Crippen molar-refractivity contribution in [2.24, 2.45) is 17.6 Å². The molecule has 0 aliphatic heterocycles. The van der Waals surface area contributed by atoms with Crippen LogP contribution in [0.15, 0.2) is 24.3 Å². The van der Waals surface area contributed by atoms with Crippen molar-refractivity contribution in [3.63, 3.8) is 0 Å². The number of rotatable bonds is 7. The quantitative estimate of drug-likeness (QED) is 0.787. The number of nitrogens with two attached hydrogens (primary N) is 1. The molecule has 0 heterocycles. The van der Waals surface area contributed by atoms with Crippen molar-refractivity contribution < 1.29 is 4.79 Å². The Hall–Kier alpha value is -1.42. The summed E-state index contributed by atoms with van der Waals surface area (Å²) in [5.74, 6) is 1.77. The molecule has 4 heteroatoms. The number of carbonyl (C=O) groups is 1. The maximum absolute atomic E-state index is 12.5. The van der Waals surface area contributed by atoms with E-state index in [1.807, 2.05) is 24.3 Å². The van der Waals surface area contributed by atoms with Crippen LogP contribution in [0.4, 0.5) is 0 Å². The van der Waals surface area contributed by atoms with Crippen molar-refractivity contribution in [2.45, 2.75) is 32.1 Å². The van der Waals surface area contributed by atoms with Crippen molar-refractivity contribution in [1.29, 1.82) is 0 Å². The molecule has 21 heavy (non-hydrogen) atoms. The van der Waals surface area contributed by atoms with Crippen molar-refractivity contribution in [3.8, 4) is 0 Å². The summed E-state index contributed by atoms with van der Waals surface area (Å²) in [5.41, 5.74) is 7.49. The highest BCUT2D eigenvalue weighted by Gasteiger charge is 2.31. The van der Waals surface area contributed by atoms with Crippen LogP contribution >= 0.6 is 12.2 Å². The predicted octanol–water partition coefficient (Wildman–Crippen LogP) is 2.51. The zero-order chi connectivity index (χ0) is 14.8. The van der Waals surface area contributed by atoms with Gasteiger partial charge in [0.15, 0.2) is 0 Å². The van der Waals surface area contributed by atoms with E-state index in [9.17, 15) is 4.79 Å². The van der Waals surface area contributed by atoms with E-state index in [0.717, 1.165) is 36.1 Å². The lowest BCUT2D eigenvalue weighted by molar-refractivity contribution is -0.131. The third-order valence-electron chi connectivity index (χ3n) is 4.30. The molecule has 2 fully saturated rings. The number of amides is 1. The zero-order valence-electron chi connectivity index (χ0n) is 12.3. The molecule has 0 bridgehead atoms. The monoisotopic (exact) mass is 302 g/mol. The van der Waals surface area contributed by atoms with Crippen molar-refractivity contribution >= 4 is 23.1 Å². The molecule has 1 amide bonds. The summed E-state index contributed by atoms with van der Waals surface area (Å²) in [4.78, 5) is 15.0. The van der Waals surface area contributed by atoms with Gasteiger partial charge in [-0.25, -0.2) is 0 Å². The van der Waals surface area contributed by atoms with E-state index < -0.39 is 0 Å². The molecule has 2 saturated carbocycles. The van der Waals surface area contributed by atoms with Crippen LogP contribution in [-0.4, -0.2) is 28.9 Å². The Balaban J connectivity index is 1.60. The molecule has 3 nitrogen and oxygen atoms in total. The van der Waals surface area contributed by atoms with E-state index in [1.54, 1.807) is 0 Å². The van der Waals surface area contributed by atoms with Crippen LogP contribution in [0.3, 0.4) is 0 Å². The molecule has 0 spiro atoms. The van der Waals surface area contributed by atoms with Gasteiger partial charge in [0.2, 0.25) is 5.91 Å². The fourth-order valence-corrected chi connectivity index (χ4v) is 2.71. The molecule has 1 aromatic carbocycles. The van der Waals surface area contributed by atoms with Gasteiger partial charge >= 0.3 is 0 Å². The minimum absolute atomic E-state index is 0.261. The van der Waals surface area contributed by atoms with Gasteiger partial charge in [-0.3, -0.25) is 4.79 Å². The summed E-state index contributed by atoms with van der Waals surface area (Å²) >= 11 is 4.95. The normalized spacial score (nSPS) is 17.5. The molecule has 0 atom stereocenters. The topological polar surface area (TPSA) is 46.3 Å². The SMILES string of the molecule is NC(=S)c1ccc(CC(=O)N(CC2CC2)CC2CC2)cc1. The molecule has 2 N–H and O–H groups in total. The summed E-state index contributed by atoms with van der Waals surface area (Å²) in [5, 5.41) is 0. The Morgan fingerprint density at radius 3 is 2.05 bits per heavy atom. The van der Waals surface area contributed by atoms with E-state index in [1.165, 1.54) is 25.7 Å². The first-order valence-electron chi connectivity index (χ1n) is 7.78. The molecule has 3 rings (SSSR count). The zero-order valence-corrected chi connectivity index (χ0v) is 13.1. The van der Waals surface area contributed by atoms with Gasteiger partial charge in [0.25, 0.3) is 0 Å². The molecule has 2 aliphatic carbocycles. The van der Waals surface area contributed by atoms with Crippen molar-refractivity contribution in [3.05, 3.63) is 35.4 Å². The van der Waals surface area contributed by atoms with Gasteiger partial charge in [-0.2, -0.15) is 0 Å². The number of nitrogens with zero attached hydrogens (tertiary/aromatic N) is 1. The van der Waals surface area contributed by atoms with Gasteiger partial charge < -0.3 is 10.6 Å². The second-order valence-electron chi connectivity index (χ2n) is 6.42. The van der Waals surface area contributed by atoms with Crippen LogP contribution in [0, 0.1) is 11.8 Å². The van der Waals surface area contributed by atoms with Crippen LogP contribution in [-0.2, 0) is 11.2 Å². The summed E-state index contributed by atoms with van der Waals surface area (Å²) in [6.45, 7) is 1.92. The lowest BCUT2D eigenvalue weighted by Crippen LogP contribution is -2.35. The molecular weight excluding hydrogens is 280 g/mol. The third kappa shape index (κ3) is 4.27. The van der Waals surface area contributed by atoms with Gasteiger partial charge in [-0.15, -0.1) is 0 Å². The Morgan fingerprint density at radius 2 is 1.62 bits per heavy atom. The van der Waals surface area contributed by atoms with Crippen LogP contribution in [0.5, 0.6) is 0 Å². The molecule has 112 valence electrons. The lowest BCUT2D eigenvalue weighted by Gasteiger charge is -2.22. The summed E-state index contributed by atoms with van der Waals surface area (Å²) in [6, 6.07) is 7.71. The number of thiocarbonyl (C=S) groups is 1. The van der Waals surface area contributed by atoms with Crippen LogP contribution in [0.25, 0.3) is 0 Å². The second-order valence-corrected chi connectivity index (χ2v) is 6.86. The number of benzene rings is 1. The maximum atomic E-state index is 12.5. The molecule has 0 radical (unpaired) electrons. The Morgan fingerprint density at radius 1 is 1.10 bits per heavy atom. The molecular formula is C17H22N2OS. The van der Waals surface area contributed by atoms with Gasteiger partial charge in [-0.1, -0.05) is 36.5 Å². The highest BCUT2D eigenvalue weighted by atomic mass is 32.1. The molecule has 2 aliphatic rings. The van der Waals surface area contributed by atoms with Gasteiger partial charge in [0, 0.05) is 18.7 Å². The average molecular weight is 302 g/mol. The van der Waals surface area contributed by atoms with Crippen molar-refractivity contribution in [2.75, 3.05) is 13.1 Å². The summed E-state index contributed by atoms with van der Waals surface area (Å²) in [6.07, 6.45) is 5.64. The average Bonchev–Trinajstić information content (AvgIpc) is 3.34. The smallest absolute Gasteiger partial charge is 0.227 e. The first-order valence-corrected chi connectivity index (χ1v) is 8.19. The Labute approximate surface area is 131 Å². The predicted molar refractivity (Wildman–Crippen MR) is 88.1 cm³/mol. The highest BCUT2D eigenvalue weighted by Crippen LogP contribution is 2.33. The summed E-state index contributed by atoms with van der Waals surface area (Å²) in [7, 11) is 0. The fourth-order valence-electron chi connectivity index (χ4n) is 2.58. The largest absolute Gasteiger partial charge is 0.389 e. The third-order valence-corrected chi connectivity index (χ3v) is 4.53. The van der Waals surface area contributed by atoms with E-state index in [0.29, 0.717) is 11.4 Å². The fraction of sp³-hybridized carbons (Fsp3) is 0.529. The van der Waals surface area contributed by atoms with E-state index >= 15 is 0 Å². The summed E-state index contributed by atoms with van der Waals surface area (Å²) < 4.78 is 0. The van der Waals surface area contributed by atoms with Crippen molar-refractivity contribution in [1.82, 2.24) is 4.90 Å². The van der Waals surface area contributed by atoms with Crippen LogP contribution in [0.1, 0.15) is 36.8 Å². The lowest BCUT2D eigenvalue weighted by atomic mass is 10.1. The van der Waals surface area contributed by atoms with E-state index in [2.05, 4.69) is 4.90 Å². The number of hydrogen-bond donors (Lipinski definition) is 1. The van der Waals surface area contributed by atoms with E-state index in [-0.39, 0.29) is 5.91 Å². The van der Waals surface area contributed by atoms with Gasteiger partial charge in [0.05, 0.1) is 6.42 Å².